The third kappa shape index (κ3) is 1.35. The molecule has 3 unspecified atom stereocenters. The number of carbonyl (C=O) groups excluding carboxylic acids is 2. The summed E-state index contributed by atoms with van der Waals surface area (Å²) in [7, 11) is 0. The van der Waals surface area contributed by atoms with Gasteiger partial charge < -0.3 is 5.11 Å². The van der Waals surface area contributed by atoms with Crippen molar-refractivity contribution in [2.75, 3.05) is 0 Å². The lowest BCUT2D eigenvalue weighted by Crippen LogP contribution is -2.43. The zero-order valence-electron chi connectivity index (χ0n) is 7.73. The van der Waals surface area contributed by atoms with Crippen LogP contribution in [0.3, 0.4) is 0 Å². The summed E-state index contributed by atoms with van der Waals surface area (Å²) in [5.74, 6) is -2.22. The molecule has 2 rings (SSSR count). The van der Waals surface area contributed by atoms with E-state index in [2.05, 4.69) is 0 Å². The topological polar surface area (TPSA) is 71.4 Å². The molecule has 0 aliphatic heterocycles. The van der Waals surface area contributed by atoms with Crippen LogP contribution in [-0.4, -0.2) is 22.6 Å². The second-order valence-corrected chi connectivity index (χ2v) is 4.16. The second-order valence-electron chi connectivity index (χ2n) is 4.16. The highest BCUT2D eigenvalue weighted by Gasteiger charge is 2.45. The first-order chi connectivity index (χ1) is 6.59. The minimum absolute atomic E-state index is 0.0150. The number of fused-ring (bicyclic) bond motifs is 2. The zero-order valence-corrected chi connectivity index (χ0v) is 7.73. The van der Waals surface area contributed by atoms with Gasteiger partial charge in [0.2, 0.25) is 0 Å². The van der Waals surface area contributed by atoms with Crippen LogP contribution in [0.4, 0.5) is 0 Å². The van der Waals surface area contributed by atoms with Crippen molar-refractivity contribution in [2.24, 2.45) is 17.8 Å². The van der Waals surface area contributed by atoms with E-state index >= 15 is 0 Å². The van der Waals surface area contributed by atoms with Crippen LogP contribution >= 0.6 is 0 Å². The Morgan fingerprint density at radius 1 is 1.29 bits per heavy atom. The van der Waals surface area contributed by atoms with Gasteiger partial charge in [-0.25, -0.2) is 0 Å². The summed E-state index contributed by atoms with van der Waals surface area (Å²) in [4.78, 5) is 33.7. The predicted octanol–water partition coefficient (Wildman–Crippen LogP) is 0.645. The van der Waals surface area contributed by atoms with Gasteiger partial charge in [0.25, 0.3) is 0 Å². The molecule has 0 amide bonds. The average Bonchev–Trinajstić information content (AvgIpc) is 2.11. The highest BCUT2D eigenvalue weighted by molar-refractivity contribution is 6.06. The van der Waals surface area contributed by atoms with Crippen molar-refractivity contribution in [3.8, 4) is 0 Å². The van der Waals surface area contributed by atoms with Crippen molar-refractivity contribution >= 4 is 17.5 Å². The number of hydrogen-bond acceptors (Lipinski definition) is 3. The molecule has 2 fully saturated rings. The summed E-state index contributed by atoms with van der Waals surface area (Å²) in [6, 6.07) is 0. The van der Waals surface area contributed by atoms with Crippen molar-refractivity contribution in [3.05, 3.63) is 0 Å². The number of carboxylic acids is 1. The summed E-state index contributed by atoms with van der Waals surface area (Å²) in [6.07, 6.45) is 1.66. The molecule has 4 heteroatoms. The molecule has 76 valence electrons. The van der Waals surface area contributed by atoms with Crippen LogP contribution in [-0.2, 0) is 14.4 Å². The van der Waals surface area contributed by atoms with E-state index in [0.29, 0.717) is 19.3 Å². The molecule has 0 aromatic carbocycles. The third-order valence-corrected chi connectivity index (χ3v) is 3.31. The minimum atomic E-state index is -0.873. The molecule has 14 heavy (non-hydrogen) atoms. The molecule has 0 aromatic heterocycles. The average molecular weight is 196 g/mol. The van der Waals surface area contributed by atoms with Crippen LogP contribution in [0.2, 0.25) is 0 Å². The Balaban J connectivity index is 2.20. The van der Waals surface area contributed by atoms with Gasteiger partial charge in [0, 0.05) is 12.3 Å². The SMILES string of the molecule is O=C(O)C1CC2CCC(=O)C(C1)C2=O. The lowest BCUT2D eigenvalue weighted by Gasteiger charge is -2.34. The second kappa shape index (κ2) is 3.19. The van der Waals surface area contributed by atoms with E-state index in [-0.39, 0.29) is 23.9 Å². The number of carbonyl (C=O) groups is 3. The van der Waals surface area contributed by atoms with E-state index in [0.717, 1.165) is 0 Å². The maximum atomic E-state index is 11.6. The summed E-state index contributed by atoms with van der Waals surface area (Å²) >= 11 is 0. The lowest BCUT2D eigenvalue weighted by molar-refractivity contribution is -0.150. The van der Waals surface area contributed by atoms with Gasteiger partial charge in [-0.1, -0.05) is 0 Å². The molecule has 2 bridgehead atoms. The first-order valence-electron chi connectivity index (χ1n) is 4.89. The van der Waals surface area contributed by atoms with Crippen LogP contribution in [0.1, 0.15) is 25.7 Å². The minimum Gasteiger partial charge on any atom is -0.481 e. The molecule has 2 aliphatic carbocycles. The maximum Gasteiger partial charge on any atom is 0.306 e. The van der Waals surface area contributed by atoms with Gasteiger partial charge in [0.15, 0.2) is 0 Å². The third-order valence-electron chi connectivity index (χ3n) is 3.31. The maximum absolute atomic E-state index is 11.6. The summed E-state index contributed by atoms with van der Waals surface area (Å²) in [5.41, 5.74) is 0. The van der Waals surface area contributed by atoms with Gasteiger partial charge in [-0.2, -0.15) is 0 Å². The van der Waals surface area contributed by atoms with Crippen molar-refractivity contribution in [2.45, 2.75) is 25.7 Å². The van der Waals surface area contributed by atoms with E-state index in [1.54, 1.807) is 0 Å². The molecule has 0 heterocycles. The Kier molecular flexibility index (Phi) is 2.13. The fraction of sp³-hybridized carbons (Fsp3) is 0.700. The van der Waals surface area contributed by atoms with Crippen molar-refractivity contribution in [1.29, 1.82) is 0 Å². The summed E-state index contributed by atoms with van der Waals surface area (Å²) in [5, 5.41) is 8.84. The van der Waals surface area contributed by atoms with Crippen LogP contribution in [0.25, 0.3) is 0 Å². The molecule has 0 radical (unpaired) electrons. The van der Waals surface area contributed by atoms with Crippen LogP contribution in [0.5, 0.6) is 0 Å². The Hall–Kier alpha value is -1.19. The standard InChI is InChI=1S/C10H12O4/c11-8-2-1-5-3-6(10(13)14)4-7(8)9(5)12/h5-7H,1-4H2,(H,13,14). The molecule has 4 nitrogen and oxygen atoms in total. The Morgan fingerprint density at radius 3 is 2.64 bits per heavy atom. The van der Waals surface area contributed by atoms with Crippen molar-refractivity contribution in [1.82, 2.24) is 0 Å². The van der Waals surface area contributed by atoms with E-state index in [1.165, 1.54) is 0 Å². The molecular formula is C10H12O4. The number of rotatable bonds is 1. The highest BCUT2D eigenvalue weighted by atomic mass is 16.4. The van der Waals surface area contributed by atoms with Crippen molar-refractivity contribution in [3.63, 3.8) is 0 Å². The number of Topliss-reactive ketones (excluding diaryl/α,β-unsaturated/α-hetero) is 2. The molecule has 0 saturated heterocycles. The fourth-order valence-electron chi connectivity index (χ4n) is 2.48. The van der Waals surface area contributed by atoms with Gasteiger partial charge in [-0.3, -0.25) is 14.4 Å². The van der Waals surface area contributed by atoms with E-state index in [1.807, 2.05) is 0 Å². The Morgan fingerprint density at radius 2 is 2.00 bits per heavy atom. The normalized spacial score (nSPS) is 37.0. The smallest absolute Gasteiger partial charge is 0.306 e. The number of hydrogen-bond donors (Lipinski definition) is 1. The van der Waals surface area contributed by atoms with Crippen LogP contribution in [0.15, 0.2) is 0 Å². The predicted molar refractivity (Wildman–Crippen MR) is 46.6 cm³/mol. The van der Waals surface area contributed by atoms with E-state index in [9.17, 15) is 14.4 Å². The van der Waals surface area contributed by atoms with Gasteiger partial charge in [0.1, 0.15) is 11.6 Å². The summed E-state index contributed by atoms with van der Waals surface area (Å²) < 4.78 is 0. The zero-order chi connectivity index (χ0) is 10.3. The molecule has 0 aromatic rings. The highest BCUT2D eigenvalue weighted by Crippen LogP contribution is 2.38. The van der Waals surface area contributed by atoms with Crippen molar-refractivity contribution < 1.29 is 19.5 Å². The van der Waals surface area contributed by atoms with Gasteiger partial charge >= 0.3 is 5.97 Å². The Labute approximate surface area is 81.3 Å². The first-order valence-corrected chi connectivity index (χ1v) is 4.89. The van der Waals surface area contributed by atoms with E-state index in [4.69, 9.17) is 5.11 Å². The fourth-order valence-corrected chi connectivity index (χ4v) is 2.48. The van der Waals surface area contributed by atoms with Gasteiger partial charge in [0.05, 0.1) is 11.8 Å². The molecule has 3 atom stereocenters. The molecule has 2 aliphatic rings. The van der Waals surface area contributed by atoms with E-state index < -0.39 is 17.8 Å². The first kappa shape index (κ1) is 9.37. The monoisotopic (exact) mass is 196 g/mol. The van der Waals surface area contributed by atoms with Crippen LogP contribution < -0.4 is 0 Å². The number of ketones is 2. The number of carboxylic acid groups (broad SMARTS) is 1. The van der Waals surface area contributed by atoms with Crippen LogP contribution in [0, 0.1) is 17.8 Å². The number of aliphatic carboxylic acids is 1. The lowest BCUT2D eigenvalue weighted by atomic mass is 9.66. The van der Waals surface area contributed by atoms with Gasteiger partial charge in [-0.15, -0.1) is 0 Å². The summed E-state index contributed by atoms with van der Waals surface area (Å²) in [6.45, 7) is 0. The largest absolute Gasteiger partial charge is 0.481 e. The molecule has 0 spiro atoms. The molecular weight excluding hydrogens is 184 g/mol. The van der Waals surface area contributed by atoms with Gasteiger partial charge in [-0.05, 0) is 19.3 Å². The quantitative estimate of drug-likeness (QED) is 0.625. The Bertz CT molecular complexity index is 307. The molecule has 2 saturated carbocycles. The molecule has 1 N–H and O–H groups in total.